The van der Waals surface area contributed by atoms with Gasteiger partial charge in [-0.25, -0.2) is 0 Å². The Morgan fingerprint density at radius 3 is 2.95 bits per heavy atom. The lowest BCUT2D eigenvalue weighted by Crippen LogP contribution is -2.15. The molecule has 0 amide bonds. The molecule has 2 aromatic rings. The molecule has 2 atom stereocenters. The smallest absolute Gasteiger partial charge is 0.0953 e. The molecule has 0 aliphatic carbocycles. The van der Waals surface area contributed by atoms with Crippen molar-refractivity contribution in [3.05, 3.63) is 30.5 Å². The van der Waals surface area contributed by atoms with Gasteiger partial charge in [0.15, 0.2) is 0 Å². The second-order valence-electron chi connectivity index (χ2n) is 4.63. The predicted molar refractivity (Wildman–Crippen MR) is 82.8 cm³/mol. The largest absolute Gasteiger partial charge is 0.398 e. The minimum absolute atomic E-state index is 0.195. The first kappa shape index (κ1) is 13.8. The number of nitrogens with one attached hydrogen (secondary N) is 1. The molecule has 3 N–H and O–H groups in total. The summed E-state index contributed by atoms with van der Waals surface area (Å²) in [6.07, 6.45) is 4.36. The van der Waals surface area contributed by atoms with Crippen LogP contribution in [0.3, 0.4) is 0 Å². The summed E-state index contributed by atoms with van der Waals surface area (Å²) in [6, 6.07) is 7.67. The van der Waals surface area contributed by atoms with Gasteiger partial charge in [0.05, 0.1) is 11.2 Å². The highest BCUT2D eigenvalue weighted by molar-refractivity contribution is 7.84. The minimum Gasteiger partial charge on any atom is -0.398 e. The number of pyridine rings is 1. The number of nitrogens with two attached hydrogens (primary N) is 1. The van der Waals surface area contributed by atoms with Crippen molar-refractivity contribution in [3.8, 4) is 0 Å². The molecule has 0 spiro atoms. The van der Waals surface area contributed by atoms with E-state index in [4.69, 9.17) is 5.73 Å². The van der Waals surface area contributed by atoms with Crippen LogP contribution in [0.5, 0.6) is 0 Å². The van der Waals surface area contributed by atoms with E-state index in [0.717, 1.165) is 35.2 Å². The van der Waals surface area contributed by atoms with Crippen molar-refractivity contribution in [2.75, 3.05) is 23.9 Å². The van der Waals surface area contributed by atoms with Gasteiger partial charge in [-0.1, -0.05) is 6.92 Å². The topological polar surface area (TPSA) is 68.0 Å². The number of nitrogen functional groups attached to an aromatic ring is 1. The number of hydrogen-bond donors (Lipinski definition) is 2. The van der Waals surface area contributed by atoms with Crippen molar-refractivity contribution < 1.29 is 4.21 Å². The van der Waals surface area contributed by atoms with Crippen molar-refractivity contribution in [1.82, 2.24) is 4.98 Å². The fraction of sp³-hybridized carbons (Fsp3) is 0.357. The van der Waals surface area contributed by atoms with E-state index < -0.39 is 10.8 Å². The van der Waals surface area contributed by atoms with E-state index in [1.54, 1.807) is 12.5 Å². The van der Waals surface area contributed by atoms with Crippen LogP contribution in [0.2, 0.25) is 0 Å². The van der Waals surface area contributed by atoms with Gasteiger partial charge >= 0.3 is 0 Å². The molecule has 0 saturated carbocycles. The molecule has 0 aliphatic heterocycles. The van der Waals surface area contributed by atoms with Gasteiger partial charge in [0, 0.05) is 46.1 Å². The van der Waals surface area contributed by atoms with Crippen LogP contribution >= 0.6 is 0 Å². The molecular weight excluding hydrogens is 258 g/mol. The minimum atomic E-state index is -0.775. The van der Waals surface area contributed by atoms with Gasteiger partial charge in [-0.05, 0) is 30.7 Å². The normalized spacial score (nSPS) is 14.2. The maximum atomic E-state index is 11.3. The average Bonchev–Trinajstić information content (AvgIpc) is 2.41. The predicted octanol–water partition coefficient (Wildman–Crippen LogP) is 2.39. The third-order valence-electron chi connectivity index (χ3n) is 3.24. The van der Waals surface area contributed by atoms with Crippen molar-refractivity contribution >= 4 is 33.1 Å². The molecule has 0 fully saturated rings. The standard InChI is InChI=1S/C14H19N3OS/c1-10(19(2)18)7-9-16-13-6-5-12(15)11-4-3-8-17-14(11)13/h3-6,8,10,16H,7,9,15H2,1-2H3. The van der Waals surface area contributed by atoms with Gasteiger partial charge < -0.3 is 11.1 Å². The molecule has 0 aliphatic rings. The third-order valence-corrected chi connectivity index (χ3v) is 4.61. The number of fused-ring (bicyclic) bond motifs is 1. The number of hydrogen-bond acceptors (Lipinski definition) is 4. The van der Waals surface area contributed by atoms with Crippen molar-refractivity contribution in [3.63, 3.8) is 0 Å². The fourth-order valence-electron chi connectivity index (χ4n) is 1.91. The van der Waals surface area contributed by atoms with Crippen molar-refractivity contribution in [2.24, 2.45) is 0 Å². The first-order valence-electron chi connectivity index (χ1n) is 6.29. The zero-order chi connectivity index (χ0) is 13.8. The van der Waals surface area contributed by atoms with Gasteiger partial charge in [0.2, 0.25) is 0 Å². The van der Waals surface area contributed by atoms with E-state index in [-0.39, 0.29) is 5.25 Å². The molecule has 1 heterocycles. The van der Waals surface area contributed by atoms with Crippen molar-refractivity contribution in [1.29, 1.82) is 0 Å². The molecule has 1 aromatic carbocycles. The van der Waals surface area contributed by atoms with Crippen LogP contribution < -0.4 is 11.1 Å². The quantitative estimate of drug-likeness (QED) is 0.823. The zero-order valence-corrected chi connectivity index (χ0v) is 12.0. The third kappa shape index (κ3) is 3.23. The first-order valence-corrected chi connectivity index (χ1v) is 7.91. The average molecular weight is 277 g/mol. The molecule has 0 radical (unpaired) electrons. The lowest BCUT2D eigenvalue weighted by atomic mass is 10.1. The number of anilines is 2. The number of aromatic nitrogens is 1. The van der Waals surface area contributed by atoms with Crippen LogP contribution in [0.25, 0.3) is 10.9 Å². The highest BCUT2D eigenvalue weighted by Crippen LogP contribution is 2.26. The van der Waals surface area contributed by atoms with E-state index in [2.05, 4.69) is 10.3 Å². The summed E-state index contributed by atoms with van der Waals surface area (Å²) < 4.78 is 11.3. The zero-order valence-electron chi connectivity index (χ0n) is 11.2. The summed E-state index contributed by atoms with van der Waals surface area (Å²) in [5.74, 6) is 0. The molecule has 102 valence electrons. The lowest BCUT2D eigenvalue weighted by Gasteiger charge is -2.12. The Morgan fingerprint density at radius 1 is 1.42 bits per heavy atom. The number of benzene rings is 1. The summed E-state index contributed by atoms with van der Waals surface area (Å²) in [5, 5.41) is 4.50. The van der Waals surface area contributed by atoms with Gasteiger partial charge in [0.25, 0.3) is 0 Å². The van der Waals surface area contributed by atoms with Crippen LogP contribution in [-0.4, -0.2) is 27.2 Å². The summed E-state index contributed by atoms with van der Waals surface area (Å²) in [6.45, 7) is 2.77. The van der Waals surface area contributed by atoms with Gasteiger partial charge in [0.1, 0.15) is 0 Å². The van der Waals surface area contributed by atoms with E-state index >= 15 is 0 Å². The van der Waals surface area contributed by atoms with Crippen LogP contribution in [0.1, 0.15) is 13.3 Å². The number of nitrogens with zero attached hydrogens (tertiary/aromatic N) is 1. The van der Waals surface area contributed by atoms with E-state index in [9.17, 15) is 4.21 Å². The van der Waals surface area contributed by atoms with E-state index in [1.165, 1.54) is 0 Å². The Kier molecular flexibility index (Phi) is 4.37. The lowest BCUT2D eigenvalue weighted by molar-refractivity contribution is 0.672. The Bertz CT molecular complexity index is 600. The van der Waals surface area contributed by atoms with E-state index in [0.29, 0.717) is 0 Å². The molecule has 1 aromatic heterocycles. The summed E-state index contributed by atoms with van der Waals surface area (Å²) in [7, 11) is -0.775. The van der Waals surface area contributed by atoms with Crippen LogP contribution in [0.4, 0.5) is 11.4 Å². The highest BCUT2D eigenvalue weighted by Gasteiger charge is 2.07. The summed E-state index contributed by atoms with van der Waals surface area (Å²) in [4.78, 5) is 4.37. The van der Waals surface area contributed by atoms with Crippen LogP contribution in [0, 0.1) is 0 Å². The monoisotopic (exact) mass is 277 g/mol. The Morgan fingerprint density at radius 2 is 2.21 bits per heavy atom. The van der Waals surface area contributed by atoms with Gasteiger partial charge in [-0.15, -0.1) is 0 Å². The molecule has 0 saturated heterocycles. The second kappa shape index (κ2) is 6.02. The maximum Gasteiger partial charge on any atom is 0.0953 e. The summed E-state index contributed by atoms with van der Waals surface area (Å²) >= 11 is 0. The van der Waals surface area contributed by atoms with Crippen molar-refractivity contribution in [2.45, 2.75) is 18.6 Å². The molecule has 5 heteroatoms. The second-order valence-corrected chi connectivity index (χ2v) is 6.43. The van der Waals surface area contributed by atoms with E-state index in [1.807, 2.05) is 31.2 Å². The number of rotatable bonds is 5. The summed E-state index contributed by atoms with van der Waals surface area (Å²) in [5.41, 5.74) is 8.52. The van der Waals surface area contributed by atoms with Gasteiger partial charge in [-0.2, -0.15) is 0 Å². The fourth-order valence-corrected chi connectivity index (χ4v) is 2.36. The van der Waals surface area contributed by atoms with Gasteiger partial charge in [-0.3, -0.25) is 9.19 Å². The van der Waals surface area contributed by atoms with Crippen LogP contribution in [0.15, 0.2) is 30.5 Å². The molecule has 2 unspecified atom stereocenters. The van der Waals surface area contributed by atoms with Crippen LogP contribution in [-0.2, 0) is 10.8 Å². The Labute approximate surface area is 115 Å². The maximum absolute atomic E-state index is 11.3. The Hall–Kier alpha value is -1.62. The molecule has 2 rings (SSSR count). The SMILES string of the molecule is CC(CCNc1ccc(N)c2cccnc12)S(C)=O. The molecule has 4 nitrogen and oxygen atoms in total. The molecule has 19 heavy (non-hydrogen) atoms. The molecule has 0 bridgehead atoms. The Balaban J connectivity index is 2.13. The highest BCUT2D eigenvalue weighted by atomic mass is 32.2. The first-order chi connectivity index (χ1) is 9.09. The molecular formula is C14H19N3OS.